The number of hydrogen-bond acceptors (Lipinski definition) is 4. The standard InChI is InChI=1S/C16H16BrN3O3/c17-13-4-6-14(7-5-13)22-8-9-23-15-3-1-2-12(10-15)11-19-20-16(18)21/h1-7,10-11H,8-9H2,(H3,18,20,21)/b19-11-. The third-order valence-electron chi connectivity index (χ3n) is 2.68. The van der Waals surface area contributed by atoms with Gasteiger partial charge in [0.15, 0.2) is 0 Å². The topological polar surface area (TPSA) is 85.9 Å². The van der Waals surface area contributed by atoms with Crippen LogP contribution in [0.25, 0.3) is 0 Å². The SMILES string of the molecule is NC(=O)N/N=C\c1cccc(OCCOc2ccc(Br)cc2)c1. The number of halogens is 1. The summed E-state index contributed by atoms with van der Waals surface area (Å²) >= 11 is 3.37. The molecule has 0 saturated heterocycles. The van der Waals surface area contributed by atoms with E-state index in [1.165, 1.54) is 6.21 Å². The number of rotatable bonds is 7. The molecule has 0 heterocycles. The third kappa shape index (κ3) is 6.39. The summed E-state index contributed by atoms with van der Waals surface area (Å²) in [6.07, 6.45) is 1.48. The minimum atomic E-state index is -0.709. The van der Waals surface area contributed by atoms with E-state index in [1.807, 2.05) is 42.5 Å². The van der Waals surface area contributed by atoms with Crippen molar-refractivity contribution in [1.82, 2.24) is 5.43 Å². The van der Waals surface area contributed by atoms with Crippen LogP contribution in [-0.2, 0) is 0 Å². The lowest BCUT2D eigenvalue weighted by molar-refractivity contribution is 0.217. The van der Waals surface area contributed by atoms with Gasteiger partial charge in [0, 0.05) is 4.47 Å². The summed E-state index contributed by atoms with van der Waals surface area (Å²) in [5.74, 6) is 1.47. The molecule has 0 bridgehead atoms. The van der Waals surface area contributed by atoms with E-state index in [2.05, 4.69) is 26.5 Å². The molecule has 0 radical (unpaired) electrons. The van der Waals surface area contributed by atoms with Gasteiger partial charge in [0.05, 0.1) is 6.21 Å². The van der Waals surface area contributed by atoms with Crippen LogP contribution in [0.2, 0.25) is 0 Å². The lowest BCUT2D eigenvalue weighted by Crippen LogP contribution is -2.24. The molecule has 2 amide bonds. The Balaban J connectivity index is 1.78. The van der Waals surface area contributed by atoms with Gasteiger partial charge in [-0.2, -0.15) is 5.10 Å². The highest BCUT2D eigenvalue weighted by Crippen LogP contribution is 2.16. The Kier molecular flexibility index (Phi) is 6.43. The molecule has 0 unspecified atom stereocenters. The van der Waals surface area contributed by atoms with Crippen LogP contribution in [0, 0.1) is 0 Å². The first-order valence-electron chi connectivity index (χ1n) is 6.83. The third-order valence-corrected chi connectivity index (χ3v) is 3.21. The fraction of sp³-hybridized carbons (Fsp3) is 0.125. The summed E-state index contributed by atoms with van der Waals surface area (Å²) in [5.41, 5.74) is 7.83. The van der Waals surface area contributed by atoms with Crippen LogP contribution in [0.3, 0.4) is 0 Å². The van der Waals surface area contributed by atoms with Crippen molar-refractivity contribution in [3.05, 3.63) is 58.6 Å². The van der Waals surface area contributed by atoms with Gasteiger partial charge in [-0.15, -0.1) is 0 Å². The van der Waals surface area contributed by atoms with Crippen molar-refractivity contribution < 1.29 is 14.3 Å². The highest BCUT2D eigenvalue weighted by molar-refractivity contribution is 9.10. The second kappa shape index (κ2) is 8.79. The Morgan fingerprint density at radius 3 is 2.52 bits per heavy atom. The zero-order valence-electron chi connectivity index (χ0n) is 12.2. The second-order valence-electron chi connectivity index (χ2n) is 4.46. The summed E-state index contributed by atoms with van der Waals surface area (Å²) in [6, 6.07) is 14.2. The average Bonchev–Trinajstić information content (AvgIpc) is 2.53. The van der Waals surface area contributed by atoms with Crippen molar-refractivity contribution >= 4 is 28.2 Å². The summed E-state index contributed by atoms with van der Waals surface area (Å²) in [4.78, 5) is 10.5. The number of amides is 2. The van der Waals surface area contributed by atoms with Crippen LogP contribution in [0.1, 0.15) is 5.56 Å². The molecule has 0 atom stereocenters. The van der Waals surface area contributed by atoms with Crippen LogP contribution < -0.4 is 20.6 Å². The number of carbonyl (C=O) groups excluding carboxylic acids is 1. The number of benzene rings is 2. The first-order chi connectivity index (χ1) is 11.1. The number of nitrogens with zero attached hydrogens (tertiary/aromatic N) is 1. The first-order valence-corrected chi connectivity index (χ1v) is 7.62. The van der Waals surface area contributed by atoms with E-state index < -0.39 is 6.03 Å². The molecule has 0 aliphatic rings. The summed E-state index contributed by atoms with van der Waals surface area (Å²) in [5, 5.41) is 3.69. The normalized spacial score (nSPS) is 10.5. The highest BCUT2D eigenvalue weighted by Gasteiger charge is 1.97. The summed E-state index contributed by atoms with van der Waals surface area (Å²) < 4.78 is 12.2. The van der Waals surface area contributed by atoms with Crippen molar-refractivity contribution in [3.63, 3.8) is 0 Å². The Hall–Kier alpha value is -2.54. The Morgan fingerprint density at radius 1 is 1.13 bits per heavy atom. The van der Waals surface area contributed by atoms with Crippen molar-refractivity contribution in [2.24, 2.45) is 10.8 Å². The molecule has 2 aromatic rings. The van der Waals surface area contributed by atoms with Crippen molar-refractivity contribution in [2.75, 3.05) is 13.2 Å². The number of primary amides is 1. The molecular formula is C16H16BrN3O3. The van der Waals surface area contributed by atoms with Gasteiger partial charge in [-0.05, 0) is 42.0 Å². The maximum Gasteiger partial charge on any atom is 0.332 e. The molecule has 2 rings (SSSR count). The number of ether oxygens (including phenoxy) is 2. The lowest BCUT2D eigenvalue weighted by Gasteiger charge is -2.08. The van der Waals surface area contributed by atoms with Crippen molar-refractivity contribution in [1.29, 1.82) is 0 Å². The summed E-state index contributed by atoms with van der Waals surface area (Å²) in [7, 11) is 0. The molecule has 0 spiro atoms. The first kappa shape index (κ1) is 16.8. The molecule has 3 N–H and O–H groups in total. The van der Waals surface area contributed by atoms with Gasteiger partial charge in [0.1, 0.15) is 24.7 Å². The van der Waals surface area contributed by atoms with Crippen LogP contribution in [0.4, 0.5) is 4.79 Å². The van der Waals surface area contributed by atoms with Gasteiger partial charge in [0.2, 0.25) is 0 Å². The Labute approximate surface area is 142 Å². The largest absolute Gasteiger partial charge is 0.490 e. The van der Waals surface area contributed by atoms with E-state index in [0.29, 0.717) is 19.0 Å². The van der Waals surface area contributed by atoms with Gasteiger partial charge in [-0.3, -0.25) is 0 Å². The van der Waals surface area contributed by atoms with Crippen LogP contribution in [0.5, 0.6) is 11.5 Å². The monoisotopic (exact) mass is 377 g/mol. The second-order valence-corrected chi connectivity index (χ2v) is 5.37. The smallest absolute Gasteiger partial charge is 0.332 e. The lowest BCUT2D eigenvalue weighted by atomic mass is 10.2. The molecular weight excluding hydrogens is 362 g/mol. The molecule has 0 aliphatic carbocycles. The number of carbonyl (C=O) groups is 1. The minimum absolute atomic E-state index is 0.413. The van der Waals surface area contributed by atoms with E-state index in [0.717, 1.165) is 15.8 Å². The van der Waals surface area contributed by atoms with E-state index in [1.54, 1.807) is 6.07 Å². The zero-order chi connectivity index (χ0) is 16.5. The minimum Gasteiger partial charge on any atom is -0.490 e. The maximum absolute atomic E-state index is 10.5. The predicted octanol–water partition coefficient (Wildman–Crippen LogP) is 2.91. The number of urea groups is 1. The van der Waals surface area contributed by atoms with E-state index in [4.69, 9.17) is 15.2 Å². The summed E-state index contributed by atoms with van der Waals surface area (Å²) in [6.45, 7) is 0.847. The zero-order valence-corrected chi connectivity index (χ0v) is 13.8. The van der Waals surface area contributed by atoms with Crippen molar-refractivity contribution in [3.8, 4) is 11.5 Å². The van der Waals surface area contributed by atoms with Crippen molar-refractivity contribution in [2.45, 2.75) is 0 Å². The molecule has 2 aromatic carbocycles. The number of nitrogens with two attached hydrogens (primary N) is 1. The van der Waals surface area contributed by atoms with Crippen LogP contribution >= 0.6 is 15.9 Å². The fourth-order valence-electron chi connectivity index (χ4n) is 1.70. The molecule has 0 aromatic heterocycles. The molecule has 120 valence electrons. The molecule has 23 heavy (non-hydrogen) atoms. The molecule has 7 heteroatoms. The predicted molar refractivity (Wildman–Crippen MR) is 91.9 cm³/mol. The van der Waals surface area contributed by atoms with Gasteiger partial charge in [-0.25, -0.2) is 10.2 Å². The quantitative estimate of drug-likeness (QED) is 0.441. The molecule has 0 aliphatic heterocycles. The van der Waals surface area contributed by atoms with Crippen LogP contribution in [0.15, 0.2) is 58.1 Å². The van der Waals surface area contributed by atoms with Gasteiger partial charge in [0.25, 0.3) is 0 Å². The van der Waals surface area contributed by atoms with E-state index >= 15 is 0 Å². The van der Waals surface area contributed by atoms with Gasteiger partial charge < -0.3 is 15.2 Å². The number of hydrogen-bond donors (Lipinski definition) is 2. The average molecular weight is 378 g/mol. The maximum atomic E-state index is 10.5. The highest BCUT2D eigenvalue weighted by atomic mass is 79.9. The van der Waals surface area contributed by atoms with E-state index in [9.17, 15) is 4.79 Å². The molecule has 6 nitrogen and oxygen atoms in total. The fourth-order valence-corrected chi connectivity index (χ4v) is 1.97. The Bertz CT molecular complexity index is 675. The Morgan fingerprint density at radius 2 is 1.83 bits per heavy atom. The van der Waals surface area contributed by atoms with Gasteiger partial charge in [-0.1, -0.05) is 28.1 Å². The van der Waals surface area contributed by atoms with Gasteiger partial charge >= 0.3 is 6.03 Å². The van der Waals surface area contributed by atoms with Crippen LogP contribution in [-0.4, -0.2) is 25.5 Å². The number of nitrogens with one attached hydrogen (secondary N) is 1. The van der Waals surface area contributed by atoms with E-state index in [-0.39, 0.29) is 0 Å². The number of hydrazone groups is 1. The molecule has 0 fully saturated rings. The molecule has 0 saturated carbocycles.